The van der Waals surface area contributed by atoms with Gasteiger partial charge in [-0.2, -0.15) is 0 Å². The maximum Gasteiger partial charge on any atom is 0.228 e. The number of para-hydroxylation sites is 1. The Morgan fingerprint density at radius 1 is 1.32 bits per heavy atom. The molecule has 1 N–H and O–H groups in total. The third-order valence-corrected chi connectivity index (χ3v) is 4.60. The first-order valence-electron chi connectivity index (χ1n) is 7.26. The molecule has 0 heterocycles. The standard InChI is InChI=1S/C17H21NO/c1-3-13-6-4-5-11(2)16(13)18-17(19)15-10-12-7-8-14(15)9-12/h4-8,12,14-15H,3,9-10H2,1-2H3,(H,18,19)/t12-,14-,15+/m0/s1. The average molecular weight is 255 g/mol. The highest BCUT2D eigenvalue weighted by molar-refractivity contribution is 5.94. The number of hydrogen-bond acceptors (Lipinski definition) is 1. The van der Waals surface area contributed by atoms with E-state index in [2.05, 4.69) is 49.5 Å². The highest BCUT2D eigenvalue weighted by Gasteiger charge is 2.39. The van der Waals surface area contributed by atoms with E-state index in [1.807, 2.05) is 0 Å². The summed E-state index contributed by atoms with van der Waals surface area (Å²) in [5.74, 6) is 1.50. The number of anilines is 1. The Morgan fingerprint density at radius 3 is 2.79 bits per heavy atom. The number of rotatable bonds is 3. The Kier molecular flexibility index (Phi) is 3.17. The second kappa shape index (κ2) is 4.84. The van der Waals surface area contributed by atoms with Crippen LogP contribution in [0, 0.1) is 24.7 Å². The number of allylic oxidation sites excluding steroid dienone is 2. The summed E-state index contributed by atoms with van der Waals surface area (Å²) < 4.78 is 0. The fraction of sp³-hybridized carbons (Fsp3) is 0.471. The fourth-order valence-electron chi connectivity index (χ4n) is 3.50. The number of hydrogen-bond donors (Lipinski definition) is 1. The van der Waals surface area contributed by atoms with Crippen molar-refractivity contribution < 1.29 is 4.79 Å². The molecule has 0 saturated heterocycles. The lowest BCUT2D eigenvalue weighted by Crippen LogP contribution is -2.26. The minimum atomic E-state index is 0.180. The molecule has 19 heavy (non-hydrogen) atoms. The van der Waals surface area contributed by atoms with Gasteiger partial charge >= 0.3 is 0 Å². The van der Waals surface area contributed by atoms with Crippen LogP contribution >= 0.6 is 0 Å². The second-order valence-corrected chi connectivity index (χ2v) is 5.84. The second-order valence-electron chi connectivity index (χ2n) is 5.84. The number of carbonyl (C=O) groups is 1. The molecule has 0 aliphatic heterocycles. The smallest absolute Gasteiger partial charge is 0.228 e. The van der Waals surface area contributed by atoms with Crippen molar-refractivity contribution in [3.8, 4) is 0 Å². The lowest BCUT2D eigenvalue weighted by Gasteiger charge is -2.20. The number of fused-ring (bicyclic) bond motifs is 2. The van der Waals surface area contributed by atoms with Crippen molar-refractivity contribution >= 4 is 11.6 Å². The van der Waals surface area contributed by atoms with E-state index in [0.717, 1.165) is 24.1 Å². The molecule has 1 aromatic rings. The van der Waals surface area contributed by atoms with Crippen LogP contribution < -0.4 is 5.32 Å². The Bertz CT molecular complexity index is 532. The molecule has 2 aliphatic carbocycles. The highest BCUT2D eigenvalue weighted by Crippen LogP contribution is 2.44. The molecule has 2 heteroatoms. The van der Waals surface area contributed by atoms with E-state index >= 15 is 0 Å². The van der Waals surface area contributed by atoms with Crippen LogP contribution in [0.15, 0.2) is 30.4 Å². The topological polar surface area (TPSA) is 29.1 Å². The van der Waals surface area contributed by atoms with Crippen LogP contribution in [0.25, 0.3) is 0 Å². The molecule has 1 fully saturated rings. The molecule has 1 saturated carbocycles. The van der Waals surface area contributed by atoms with Crippen LogP contribution in [0.3, 0.4) is 0 Å². The normalized spacial score (nSPS) is 27.8. The number of benzene rings is 1. The third kappa shape index (κ3) is 2.20. The average Bonchev–Trinajstić information content (AvgIpc) is 3.03. The van der Waals surface area contributed by atoms with Gasteiger partial charge in [0.15, 0.2) is 0 Å². The van der Waals surface area contributed by atoms with Gasteiger partial charge in [-0.25, -0.2) is 0 Å². The lowest BCUT2D eigenvalue weighted by molar-refractivity contribution is -0.120. The van der Waals surface area contributed by atoms with E-state index in [-0.39, 0.29) is 11.8 Å². The summed E-state index contributed by atoms with van der Waals surface area (Å²) in [5.41, 5.74) is 3.42. The quantitative estimate of drug-likeness (QED) is 0.820. The molecule has 1 aromatic carbocycles. The van der Waals surface area contributed by atoms with E-state index in [0.29, 0.717) is 11.8 Å². The maximum absolute atomic E-state index is 12.5. The zero-order chi connectivity index (χ0) is 13.4. The van der Waals surface area contributed by atoms with Crippen LogP contribution in [-0.4, -0.2) is 5.91 Å². The van der Waals surface area contributed by atoms with Crippen molar-refractivity contribution in [1.82, 2.24) is 0 Å². The Hall–Kier alpha value is -1.57. The van der Waals surface area contributed by atoms with Crippen molar-refractivity contribution in [3.63, 3.8) is 0 Å². The number of carbonyl (C=O) groups excluding carboxylic acids is 1. The molecular formula is C17H21NO. The summed E-state index contributed by atoms with van der Waals surface area (Å²) in [6.07, 6.45) is 7.66. The van der Waals surface area contributed by atoms with E-state index < -0.39 is 0 Å². The van der Waals surface area contributed by atoms with Crippen LogP contribution in [-0.2, 0) is 11.2 Å². The van der Waals surface area contributed by atoms with Gasteiger partial charge in [0.25, 0.3) is 0 Å². The van der Waals surface area contributed by atoms with Crippen molar-refractivity contribution in [3.05, 3.63) is 41.5 Å². The fourth-order valence-corrected chi connectivity index (χ4v) is 3.50. The van der Waals surface area contributed by atoms with Crippen LogP contribution in [0.2, 0.25) is 0 Å². The van der Waals surface area contributed by atoms with Crippen molar-refractivity contribution in [1.29, 1.82) is 0 Å². The Morgan fingerprint density at radius 2 is 2.16 bits per heavy atom. The largest absolute Gasteiger partial charge is 0.325 e. The number of nitrogens with one attached hydrogen (secondary N) is 1. The Balaban J connectivity index is 1.78. The van der Waals surface area contributed by atoms with E-state index in [1.165, 1.54) is 12.0 Å². The van der Waals surface area contributed by atoms with Gasteiger partial charge < -0.3 is 5.32 Å². The lowest BCUT2D eigenvalue weighted by atomic mass is 9.92. The molecule has 0 aromatic heterocycles. The zero-order valence-corrected chi connectivity index (χ0v) is 11.6. The molecule has 100 valence electrons. The first kappa shape index (κ1) is 12.5. The molecule has 0 unspecified atom stereocenters. The molecule has 2 aliphatic rings. The summed E-state index contributed by atoms with van der Waals surface area (Å²) in [6.45, 7) is 4.19. The van der Waals surface area contributed by atoms with Gasteiger partial charge in [0.2, 0.25) is 5.91 Å². The molecule has 0 spiro atoms. The van der Waals surface area contributed by atoms with Crippen molar-refractivity contribution in [2.24, 2.45) is 17.8 Å². The van der Waals surface area contributed by atoms with Crippen molar-refractivity contribution in [2.45, 2.75) is 33.1 Å². The molecular weight excluding hydrogens is 234 g/mol. The van der Waals surface area contributed by atoms with Gasteiger partial charge in [-0.15, -0.1) is 0 Å². The Labute approximate surface area is 114 Å². The predicted molar refractivity (Wildman–Crippen MR) is 78.0 cm³/mol. The van der Waals surface area contributed by atoms with Crippen LogP contribution in [0.5, 0.6) is 0 Å². The van der Waals surface area contributed by atoms with Gasteiger partial charge in [-0.05, 0) is 49.1 Å². The predicted octanol–water partition coefficient (Wildman–Crippen LogP) is 3.71. The summed E-state index contributed by atoms with van der Waals surface area (Å²) >= 11 is 0. The highest BCUT2D eigenvalue weighted by atomic mass is 16.1. The summed E-state index contributed by atoms with van der Waals surface area (Å²) in [7, 11) is 0. The van der Waals surface area contributed by atoms with Gasteiger partial charge in [0, 0.05) is 11.6 Å². The minimum absolute atomic E-state index is 0.180. The first-order valence-corrected chi connectivity index (χ1v) is 7.26. The van der Waals surface area contributed by atoms with E-state index in [4.69, 9.17) is 0 Å². The third-order valence-electron chi connectivity index (χ3n) is 4.60. The van der Waals surface area contributed by atoms with Crippen molar-refractivity contribution in [2.75, 3.05) is 5.32 Å². The van der Waals surface area contributed by atoms with Crippen LogP contribution in [0.4, 0.5) is 5.69 Å². The SMILES string of the molecule is CCc1cccc(C)c1NC(=O)[C@@H]1C[C@H]2C=C[C@H]1C2. The molecule has 2 bridgehead atoms. The van der Waals surface area contributed by atoms with Crippen LogP contribution in [0.1, 0.15) is 30.9 Å². The molecule has 2 nitrogen and oxygen atoms in total. The van der Waals surface area contributed by atoms with Gasteiger partial charge in [-0.3, -0.25) is 4.79 Å². The first-order chi connectivity index (χ1) is 9.19. The van der Waals surface area contributed by atoms with Gasteiger partial charge in [-0.1, -0.05) is 37.3 Å². The number of aryl methyl sites for hydroxylation is 2. The minimum Gasteiger partial charge on any atom is -0.325 e. The monoisotopic (exact) mass is 255 g/mol. The van der Waals surface area contributed by atoms with E-state index in [1.54, 1.807) is 0 Å². The van der Waals surface area contributed by atoms with E-state index in [9.17, 15) is 4.79 Å². The molecule has 1 amide bonds. The molecule has 3 atom stereocenters. The van der Waals surface area contributed by atoms with Gasteiger partial charge in [0.1, 0.15) is 0 Å². The maximum atomic E-state index is 12.5. The summed E-state index contributed by atoms with van der Waals surface area (Å²) in [6, 6.07) is 6.23. The molecule has 3 rings (SSSR count). The summed E-state index contributed by atoms with van der Waals surface area (Å²) in [4.78, 5) is 12.5. The summed E-state index contributed by atoms with van der Waals surface area (Å²) in [5, 5.41) is 3.18. The zero-order valence-electron chi connectivity index (χ0n) is 11.6. The van der Waals surface area contributed by atoms with Gasteiger partial charge in [0.05, 0.1) is 0 Å². The number of amides is 1. The molecule has 0 radical (unpaired) electrons.